The van der Waals surface area contributed by atoms with Crippen molar-refractivity contribution >= 4 is 35.8 Å². The number of likely N-dealkylation sites (N-methyl/N-ethyl adjacent to an activating group) is 1. The van der Waals surface area contributed by atoms with Crippen LogP contribution in [0.3, 0.4) is 0 Å². The summed E-state index contributed by atoms with van der Waals surface area (Å²) in [6, 6.07) is 9.28. The molecule has 30 heavy (non-hydrogen) atoms. The van der Waals surface area contributed by atoms with Crippen molar-refractivity contribution in [2.75, 3.05) is 33.7 Å². The van der Waals surface area contributed by atoms with Gasteiger partial charge in [-0.1, -0.05) is 43.5 Å². The van der Waals surface area contributed by atoms with Crippen LogP contribution in [0.15, 0.2) is 29.3 Å². The Bertz CT molecular complexity index is 665. The third-order valence-electron chi connectivity index (χ3n) is 5.90. The molecule has 7 heteroatoms. The molecule has 1 saturated heterocycles. The highest BCUT2D eigenvalue weighted by atomic mass is 127. The van der Waals surface area contributed by atoms with E-state index < -0.39 is 0 Å². The van der Waals surface area contributed by atoms with E-state index in [1.807, 2.05) is 0 Å². The highest BCUT2D eigenvalue weighted by Gasteiger charge is 2.17. The molecule has 1 aromatic rings. The third-order valence-corrected chi connectivity index (χ3v) is 5.90. The number of nitrogens with one attached hydrogen (secondary N) is 2. The summed E-state index contributed by atoms with van der Waals surface area (Å²) in [5.74, 6) is 0.789. The lowest BCUT2D eigenvalue weighted by Gasteiger charge is -2.26. The maximum atomic E-state index is 11.9. The van der Waals surface area contributed by atoms with Crippen LogP contribution in [0.2, 0.25) is 0 Å². The van der Waals surface area contributed by atoms with Crippen LogP contribution in [0.25, 0.3) is 0 Å². The number of benzene rings is 1. The average Bonchev–Trinajstić information content (AvgIpc) is 3.24. The second-order valence-electron chi connectivity index (χ2n) is 8.59. The molecule has 1 heterocycles. The van der Waals surface area contributed by atoms with E-state index in [1.165, 1.54) is 69.2 Å². The van der Waals surface area contributed by atoms with Gasteiger partial charge in [-0.25, -0.2) is 4.99 Å². The van der Waals surface area contributed by atoms with Gasteiger partial charge in [0.2, 0.25) is 5.91 Å². The largest absolute Gasteiger partial charge is 0.354 e. The minimum absolute atomic E-state index is 0. The topological polar surface area (TPSA) is 60.0 Å². The number of aliphatic imine (C=N–C) groups is 1. The lowest BCUT2D eigenvalue weighted by atomic mass is 10.1. The zero-order valence-electron chi connectivity index (χ0n) is 18.5. The molecule has 1 aromatic carbocycles. The minimum Gasteiger partial charge on any atom is -0.354 e. The highest BCUT2D eigenvalue weighted by Crippen LogP contribution is 2.17. The van der Waals surface area contributed by atoms with Crippen molar-refractivity contribution in [2.24, 2.45) is 4.99 Å². The first-order valence-electron chi connectivity index (χ1n) is 11.2. The summed E-state index contributed by atoms with van der Waals surface area (Å²) in [5, 5.41) is 6.71. The second-order valence-corrected chi connectivity index (χ2v) is 8.59. The Kier molecular flexibility index (Phi) is 10.9. The Morgan fingerprint density at radius 2 is 1.67 bits per heavy atom. The summed E-state index contributed by atoms with van der Waals surface area (Å²) < 4.78 is 0. The normalized spacial score (nSPS) is 18.0. The van der Waals surface area contributed by atoms with E-state index in [0.717, 1.165) is 12.5 Å². The molecular formula is C23H38IN5O. The fourth-order valence-corrected chi connectivity index (χ4v) is 4.03. The number of guanidine groups is 1. The number of rotatable bonds is 7. The van der Waals surface area contributed by atoms with Crippen molar-refractivity contribution in [1.29, 1.82) is 0 Å². The van der Waals surface area contributed by atoms with Crippen molar-refractivity contribution < 1.29 is 4.79 Å². The predicted molar refractivity (Wildman–Crippen MR) is 134 cm³/mol. The number of likely N-dealkylation sites (tertiary alicyclic amines) is 1. The third kappa shape index (κ3) is 8.41. The van der Waals surface area contributed by atoms with Gasteiger partial charge >= 0.3 is 0 Å². The molecule has 3 rings (SSSR count). The van der Waals surface area contributed by atoms with Gasteiger partial charge in [0.15, 0.2) is 5.96 Å². The fourth-order valence-electron chi connectivity index (χ4n) is 4.03. The van der Waals surface area contributed by atoms with Crippen LogP contribution in [0.1, 0.15) is 56.1 Å². The van der Waals surface area contributed by atoms with Gasteiger partial charge in [0.25, 0.3) is 0 Å². The van der Waals surface area contributed by atoms with Gasteiger partial charge in [-0.3, -0.25) is 9.69 Å². The smallest absolute Gasteiger partial charge is 0.241 e. The summed E-state index contributed by atoms with van der Waals surface area (Å²) in [4.78, 5) is 20.8. The number of carbonyl (C=O) groups is 1. The fraction of sp³-hybridized carbons (Fsp3) is 0.652. The zero-order chi connectivity index (χ0) is 20.5. The van der Waals surface area contributed by atoms with Gasteiger partial charge in [0, 0.05) is 26.7 Å². The molecule has 0 aromatic heterocycles. The molecule has 2 N–H and O–H groups in total. The average molecular weight is 527 g/mol. The molecule has 0 spiro atoms. The molecule has 1 saturated carbocycles. The molecule has 0 bridgehead atoms. The van der Waals surface area contributed by atoms with E-state index in [2.05, 4.69) is 39.8 Å². The van der Waals surface area contributed by atoms with Crippen LogP contribution in [-0.2, 0) is 17.9 Å². The number of hydrogen-bond acceptors (Lipinski definition) is 3. The van der Waals surface area contributed by atoms with E-state index in [4.69, 9.17) is 4.99 Å². The van der Waals surface area contributed by atoms with Crippen molar-refractivity contribution in [3.63, 3.8) is 0 Å². The number of carbonyl (C=O) groups excluding carboxylic acids is 1. The van der Waals surface area contributed by atoms with Crippen LogP contribution in [0.4, 0.5) is 0 Å². The summed E-state index contributed by atoms with van der Waals surface area (Å²) in [5.41, 5.74) is 2.57. The molecule has 0 atom stereocenters. The first-order chi connectivity index (χ1) is 14.1. The summed E-state index contributed by atoms with van der Waals surface area (Å²) in [6.45, 7) is 4.37. The molecule has 1 amide bonds. The molecule has 2 aliphatic rings. The summed E-state index contributed by atoms with van der Waals surface area (Å²) in [7, 11) is 3.55. The maximum absolute atomic E-state index is 11.9. The van der Waals surface area contributed by atoms with E-state index in [9.17, 15) is 4.79 Å². The predicted octanol–water partition coefficient (Wildman–Crippen LogP) is 3.36. The molecule has 1 aliphatic carbocycles. The van der Waals surface area contributed by atoms with Crippen molar-refractivity contribution in [3.8, 4) is 0 Å². The van der Waals surface area contributed by atoms with Gasteiger partial charge in [-0.15, -0.1) is 24.0 Å². The lowest BCUT2D eigenvalue weighted by Crippen LogP contribution is -2.46. The molecule has 1 aliphatic heterocycles. The van der Waals surface area contributed by atoms with Gasteiger partial charge < -0.3 is 15.5 Å². The van der Waals surface area contributed by atoms with E-state index >= 15 is 0 Å². The Hall–Kier alpha value is -1.35. The molecule has 0 radical (unpaired) electrons. The Morgan fingerprint density at radius 3 is 2.30 bits per heavy atom. The molecule has 2 fully saturated rings. The Labute approximate surface area is 198 Å². The minimum atomic E-state index is 0. The SMILES string of the molecule is CN(C)C(=O)CNC(=NCc1ccc(CN2CCCCC2)cc1)NC1CCCC1.I. The van der Waals surface area contributed by atoms with Crippen LogP contribution in [0, 0.1) is 0 Å². The number of piperidine rings is 1. The number of halogens is 1. The first kappa shape index (κ1) is 24.9. The van der Waals surface area contributed by atoms with Crippen LogP contribution < -0.4 is 10.6 Å². The molecule has 6 nitrogen and oxygen atoms in total. The maximum Gasteiger partial charge on any atom is 0.241 e. The van der Waals surface area contributed by atoms with E-state index in [1.54, 1.807) is 19.0 Å². The lowest BCUT2D eigenvalue weighted by molar-refractivity contribution is -0.127. The van der Waals surface area contributed by atoms with Crippen LogP contribution in [-0.4, -0.2) is 61.4 Å². The van der Waals surface area contributed by atoms with E-state index in [-0.39, 0.29) is 36.4 Å². The molecule has 168 valence electrons. The number of amides is 1. The second kappa shape index (κ2) is 13.1. The first-order valence-corrected chi connectivity index (χ1v) is 11.2. The standard InChI is InChI=1S/C23H37N5O.HI/c1-27(2)22(29)17-25-23(26-21-8-4-5-9-21)24-16-19-10-12-20(13-11-19)18-28-14-6-3-7-15-28;/h10-13,21H,3-9,14-18H2,1-2H3,(H2,24,25,26);1H. The van der Waals surface area contributed by atoms with Crippen LogP contribution in [0.5, 0.6) is 0 Å². The monoisotopic (exact) mass is 527 g/mol. The molecular weight excluding hydrogens is 489 g/mol. The van der Waals surface area contributed by atoms with Crippen molar-refractivity contribution in [2.45, 2.75) is 64.1 Å². The highest BCUT2D eigenvalue weighted by molar-refractivity contribution is 14.0. The van der Waals surface area contributed by atoms with Gasteiger partial charge in [-0.2, -0.15) is 0 Å². The number of hydrogen-bond donors (Lipinski definition) is 2. The summed E-state index contributed by atoms with van der Waals surface area (Å²) >= 11 is 0. The Balaban J connectivity index is 0.00000320. The molecule has 0 unspecified atom stereocenters. The van der Waals surface area contributed by atoms with Gasteiger partial charge in [0.05, 0.1) is 13.1 Å². The Morgan fingerprint density at radius 1 is 1.03 bits per heavy atom. The van der Waals surface area contributed by atoms with Crippen LogP contribution >= 0.6 is 24.0 Å². The zero-order valence-corrected chi connectivity index (χ0v) is 20.9. The number of nitrogens with zero attached hydrogens (tertiary/aromatic N) is 3. The quantitative estimate of drug-likeness (QED) is 0.325. The van der Waals surface area contributed by atoms with Gasteiger partial charge in [-0.05, 0) is 49.9 Å². The van der Waals surface area contributed by atoms with E-state index in [0.29, 0.717) is 12.6 Å². The summed E-state index contributed by atoms with van der Waals surface area (Å²) in [6.07, 6.45) is 8.90. The van der Waals surface area contributed by atoms with Crippen molar-refractivity contribution in [1.82, 2.24) is 20.4 Å². The van der Waals surface area contributed by atoms with Crippen molar-refractivity contribution in [3.05, 3.63) is 35.4 Å². The van der Waals surface area contributed by atoms with Gasteiger partial charge in [0.1, 0.15) is 0 Å².